The summed E-state index contributed by atoms with van der Waals surface area (Å²) in [7, 11) is 0. The Morgan fingerprint density at radius 1 is 1.62 bits per heavy atom. The number of hydrogen-bond acceptors (Lipinski definition) is 3. The lowest BCUT2D eigenvalue weighted by Crippen LogP contribution is -2.51. The molecule has 1 aliphatic heterocycles. The first-order valence-corrected chi connectivity index (χ1v) is 5.21. The SMILES string of the molecule is Cc1cc(C(=O)N2CCN[C@H](C)C2)n[nH]1.Cl. The van der Waals surface area contributed by atoms with Crippen LogP contribution in [0.15, 0.2) is 6.07 Å². The summed E-state index contributed by atoms with van der Waals surface area (Å²) >= 11 is 0. The Labute approximate surface area is 101 Å². The molecule has 1 fully saturated rings. The zero-order valence-electron chi connectivity index (χ0n) is 9.49. The molecule has 16 heavy (non-hydrogen) atoms. The number of aromatic amines is 1. The highest BCUT2D eigenvalue weighted by molar-refractivity contribution is 5.92. The monoisotopic (exact) mass is 244 g/mol. The van der Waals surface area contributed by atoms with Gasteiger partial charge in [-0.3, -0.25) is 9.89 Å². The quantitative estimate of drug-likeness (QED) is 0.760. The third-order valence-corrected chi connectivity index (χ3v) is 2.58. The minimum atomic E-state index is 0. The van der Waals surface area contributed by atoms with Gasteiger partial charge in [-0.15, -0.1) is 12.4 Å². The zero-order chi connectivity index (χ0) is 10.8. The molecule has 0 aliphatic carbocycles. The van der Waals surface area contributed by atoms with Gasteiger partial charge in [0.2, 0.25) is 0 Å². The van der Waals surface area contributed by atoms with Crippen LogP contribution in [0.2, 0.25) is 0 Å². The van der Waals surface area contributed by atoms with Gasteiger partial charge in [0.1, 0.15) is 5.69 Å². The Hall–Kier alpha value is -1.07. The summed E-state index contributed by atoms with van der Waals surface area (Å²) in [6, 6.07) is 2.15. The summed E-state index contributed by atoms with van der Waals surface area (Å²) in [4.78, 5) is 13.8. The zero-order valence-corrected chi connectivity index (χ0v) is 10.3. The number of carbonyl (C=O) groups is 1. The van der Waals surface area contributed by atoms with Crippen LogP contribution in [0.3, 0.4) is 0 Å². The predicted octanol–water partition coefficient (Wildman–Crippen LogP) is 0.574. The summed E-state index contributed by atoms with van der Waals surface area (Å²) < 4.78 is 0. The van der Waals surface area contributed by atoms with Crippen LogP contribution in [-0.2, 0) is 0 Å². The van der Waals surface area contributed by atoms with E-state index in [1.54, 1.807) is 6.07 Å². The molecule has 0 spiro atoms. The second-order valence-corrected chi connectivity index (χ2v) is 4.04. The van der Waals surface area contributed by atoms with Crippen LogP contribution in [0.25, 0.3) is 0 Å². The lowest BCUT2D eigenvalue weighted by Gasteiger charge is -2.31. The van der Waals surface area contributed by atoms with Crippen LogP contribution in [0.5, 0.6) is 0 Å². The number of amides is 1. The number of carbonyl (C=O) groups excluding carboxylic acids is 1. The van der Waals surface area contributed by atoms with E-state index in [1.807, 2.05) is 11.8 Å². The maximum Gasteiger partial charge on any atom is 0.274 e. The molecule has 90 valence electrons. The van der Waals surface area contributed by atoms with Gasteiger partial charge in [-0.25, -0.2) is 0 Å². The Balaban J connectivity index is 0.00000128. The van der Waals surface area contributed by atoms with Crippen LogP contribution in [0.4, 0.5) is 0 Å². The van der Waals surface area contributed by atoms with Crippen molar-refractivity contribution in [3.63, 3.8) is 0 Å². The van der Waals surface area contributed by atoms with Crippen LogP contribution in [0, 0.1) is 6.92 Å². The smallest absolute Gasteiger partial charge is 0.274 e. The van der Waals surface area contributed by atoms with Gasteiger partial charge in [0.05, 0.1) is 0 Å². The molecule has 0 aromatic carbocycles. The number of nitrogens with one attached hydrogen (secondary N) is 2. The van der Waals surface area contributed by atoms with Crippen molar-refractivity contribution in [2.45, 2.75) is 19.9 Å². The fourth-order valence-corrected chi connectivity index (χ4v) is 1.81. The Kier molecular flexibility index (Phi) is 4.32. The predicted molar refractivity (Wildman–Crippen MR) is 63.9 cm³/mol. The van der Waals surface area contributed by atoms with Gasteiger partial charge >= 0.3 is 0 Å². The molecule has 1 amide bonds. The van der Waals surface area contributed by atoms with E-state index in [0.717, 1.165) is 25.3 Å². The van der Waals surface area contributed by atoms with E-state index in [-0.39, 0.29) is 18.3 Å². The first-order valence-electron chi connectivity index (χ1n) is 5.21. The van der Waals surface area contributed by atoms with Crippen molar-refractivity contribution >= 4 is 18.3 Å². The van der Waals surface area contributed by atoms with Crippen molar-refractivity contribution < 1.29 is 4.79 Å². The molecule has 1 atom stereocenters. The number of halogens is 1. The minimum Gasteiger partial charge on any atom is -0.334 e. The highest BCUT2D eigenvalue weighted by atomic mass is 35.5. The van der Waals surface area contributed by atoms with Gasteiger partial charge in [-0.1, -0.05) is 0 Å². The fourth-order valence-electron chi connectivity index (χ4n) is 1.81. The first kappa shape index (κ1) is 13.0. The van der Waals surface area contributed by atoms with Crippen LogP contribution in [0.1, 0.15) is 23.1 Å². The van der Waals surface area contributed by atoms with Crippen LogP contribution < -0.4 is 5.32 Å². The summed E-state index contributed by atoms with van der Waals surface area (Å²) in [5.74, 6) is 0.0210. The van der Waals surface area contributed by atoms with Gasteiger partial charge in [-0.2, -0.15) is 5.10 Å². The molecule has 0 radical (unpaired) electrons. The summed E-state index contributed by atoms with van der Waals surface area (Å²) in [5.41, 5.74) is 1.43. The molecular weight excluding hydrogens is 228 g/mol. The maximum atomic E-state index is 12.0. The first-order chi connectivity index (χ1) is 7.16. The van der Waals surface area contributed by atoms with Crippen LogP contribution >= 0.6 is 12.4 Å². The van der Waals surface area contributed by atoms with E-state index in [9.17, 15) is 4.79 Å². The molecule has 0 bridgehead atoms. The molecule has 1 aliphatic rings. The molecule has 1 saturated heterocycles. The summed E-state index contributed by atoms with van der Waals surface area (Å²) in [5, 5.41) is 10.1. The van der Waals surface area contributed by atoms with Gasteiger partial charge in [-0.05, 0) is 19.9 Å². The number of aryl methyl sites for hydroxylation is 1. The van der Waals surface area contributed by atoms with E-state index in [1.165, 1.54) is 0 Å². The van der Waals surface area contributed by atoms with Gasteiger partial charge < -0.3 is 10.2 Å². The van der Waals surface area contributed by atoms with E-state index in [2.05, 4.69) is 22.4 Å². The van der Waals surface area contributed by atoms with Crippen molar-refractivity contribution in [2.24, 2.45) is 0 Å². The van der Waals surface area contributed by atoms with E-state index in [4.69, 9.17) is 0 Å². The number of H-pyrrole nitrogens is 1. The van der Waals surface area contributed by atoms with Crippen molar-refractivity contribution in [1.29, 1.82) is 0 Å². The number of piperazine rings is 1. The molecule has 1 aromatic heterocycles. The summed E-state index contributed by atoms with van der Waals surface area (Å²) in [6.45, 7) is 6.34. The number of nitrogens with zero attached hydrogens (tertiary/aromatic N) is 2. The fraction of sp³-hybridized carbons (Fsp3) is 0.600. The number of hydrogen-bond donors (Lipinski definition) is 2. The maximum absolute atomic E-state index is 12.0. The number of rotatable bonds is 1. The van der Waals surface area contributed by atoms with Crippen LogP contribution in [-0.4, -0.2) is 46.7 Å². The van der Waals surface area contributed by atoms with Crippen molar-refractivity contribution in [2.75, 3.05) is 19.6 Å². The Morgan fingerprint density at radius 3 is 2.94 bits per heavy atom. The minimum absolute atomic E-state index is 0. The molecule has 5 nitrogen and oxygen atoms in total. The van der Waals surface area contributed by atoms with Gasteiger partial charge in [0.15, 0.2) is 0 Å². The average Bonchev–Trinajstić information content (AvgIpc) is 2.64. The Morgan fingerprint density at radius 2 is 2.38 bits per heavy atom. The molecule has 2 N–H and O–H groups in total. The molecule has 1 aromatic rings. The molecule has 2 heterocycles. The summed E-state index contributed by atoms with van der Waals surface area (Å²) in [6.07, 6.45) is 0. The van der Waals surface area contributed by atoms with Crippen molar-refractivity contribution in [3.8, 4) is 0 Å². The van der Waals surface area contributed by atoms with Crippen molar-refractivity contribution in [1.82, 2.24) is 20.4 Å². The normalized spacial score (nSPS) is 20.4. The lowest BCUT2D eigenvalue weighted by atomic mass is 10.2. The largest absolute Gasteiger partial charge is 0.334 e. The van der Waals surface area contributed by atoms with Gasteiger partial charge in [0, 0.05) is 31.4 Å². The van der Waals surface area contributed by atoms with Gasteiger partial charge in [0.25, 0.3) is 5.91 Å². The lowest BCUT2D eigenvalue weighted by molar-refractivity contribution is 0.0703. The third-order valence-electron chi connectivity index (χ3n) is 2.58. The average molecular weight is 245 g/mol. The number of aromatic nitrogens is 2. The molecule has 6 heteroatoms. The van der Waals surface area contributed by atoms with Crippen molar-refractivity contribution in [3.05, 3.63) is 17.5 Å². The molecule has 0 saturated carbocycles. The standard InChI is InChI=1S/C10H16N4O.ClH/c1-7-5-9(13-12-7)10(15)14-4-3-11-8(2)6-14;/h5,8,11H,3-4,6H2,1-2H3,(H,12,13);1H/t8-;/m1./s1. The molecule has 0 unspecified atom stereocenters. The third kappa shape index (κ3) is 2.74. The molecular formula is C10H17ClN4O. The highest BCUT2D eigenvalue weighted by Crippen LogP contribution is 2.06. The van der Waals surface area contributed by atoms with E-state index in [0.29, 0.717) is 11.7 Å². The van der Waals surface area contributed by atoms with E-state index >= 15 is 0 Å². The van der Waals surface area contributed by atoms with E-state index < -0.39 is 0 Å². The topological polar surface area (TPSA) is 61.0 Å². The molecule has 2 rings (SSSR count). The Bertz CT molecular complexity index is 365. The second-order valence-electron chi connectivity index (χ2n) is 4.04. The second kappa shape index (κ2) is 5.32. The highest BCUT2D eigenvalue weighted by Gasteiger charge is 2.22.